The van der Waals surface area contributed by atoms with Gasteiger partial charge in [0.05, 0.1) is 25.2 Å². The molecule has 2 aromatic carbocycles. The van der Waals surface area contributed by atoms with Gasteiger partial charge in [-0.1, -0.05) is 23.9 Å². The number of carbonyl (C=O) groups is 1. The Balaban J connectivity index is 1.37. The highest BCUT2D eigenvalue weighted by atomic mass is 32.2. The lowest BCUT2D eigenvalue weighted by atomic mass is 10.1. The molecule has 4 aromatic rings. The number of aryl methyl sites for hydroxylation is 1. The van der Waals surface area contributed by atoms with Gasteiger partial charge in [0.25, 0.3) is 0 Å². The summed E-state index contributed by atoms with van der Waals surface area (Å²) in [6.07, 6.45) is 5.39. The monoisotopic (exact) mass is 448 g/mol. The van der Waals surface area contributed by atoms with E-state index in [1.807, 2.05) is 77.7 Å². The topological polar surface area (TPSA) is 86.9 Å². The molecule has 4 rings (SSSR count). The Bertz CT molecular complexity index is 1170. The van der Waals surface area contributed by atoms with Gasteiger partial charge in [-0.15, -0.1) is 10.2 Å². The average molecular weight is 449 g/mol. The van der Waals surface area contributed by atoms with Gasteiger partial charge in [0.1, 0.15) is 11.6 Å². The van der Waals surface area contributed by atoms with Crippen LogP contribution in [0, 0.1) is 6.92 Å². The molecule has 0 saturated heterocycles. The summed E-state index contributed by atoms with van der Waals surface area (Å²) in [7, 11) is 1.63. The zero-order chi connectivity index (χ0) is 22.5. The summed E-state index contributed by atoms with van der Waals surface area (Å²) in [4.78, 5) is 16.6. The largest absolute Gasteiger partial charge is 0.497 e. The van der Waals surface area contributed by atoms with Crippen LogP contribution in [-0.2, 0) is 4.79 Å². The highest BCUT2D eigenvalue weighted by molar-refractivity contribution is 7.99. The quantitative estimate of drug-likeness (QED) is 0.413. The summed E-state index contributed by atoms with van der Waals surface area (Å²) in [5.41, 5.74) is 2.97. The predicted molar refractivity (Wildman–Crippen MR) is 123 cm³/mol. The van der Waals surface area contributed by atoms with Crippen molar-refractivity contribution >= 4 is 17.7 Å². The van der Waals surface area contributed by atoms with Gasteiger partial charge in [-0.05, 0) is 55.8 Å². The highest BCUT2D eigenvalue weighted by Gasteiger charge is 2.15. The standard InChI is InChI=1S/C23H24N6O2S/c1-16(18-4-6-19(7-5-18)28-13-12-24-15-28)25-22(30)14-32-23-27-26-17(2)29(23)20-8-10-21(31-3)11-9-20/h4-13,15-16H,14H2,1-3H3,(H,25,30)/t16-/m0/s1. The third-order valence-corrected chi connectivity index (χ3v) is 5.96. The van der Waals surface area contributed by atoms with Gasteiger partial charge in [0.15, 0.2) is 5.16 Å². The molecule has 2 aromatic heterocycles. The molecule has 1 amide bonds. The maximum atomic E-state index is 12.6. The van der Waals surface area contributed by atoms with Crippen molar-refractivity contribution in [3.63, 3.8) is 0 Å². The lowest BCUT2D eigenvalue weighted by molar-refractivity contribution is -0.119. The van der Waals surface area contributed by atoms with Crippen molar-refractivity contribution in [1.82, 2.24) is 29.6 Å². The van der Waals surface area contributed by atoms with Crippen molar-refractivity contribution in [2.24, 2.45) is 0 Å². The number of benzene rings is 2. The number of hydrogen-bond acceptors (Lipinski definition) is 6. The van der Waals surface area contributed by atoms with Gasteiger partial charge in [0, 0.05) is 23.8 Å². The molecular weight excluding hydrogens is 424 g/mol. The van der Waals surface area contributed by atoms with Crippen LogP contribution in [-0.4, -0.2) is 43.1 Å². The van der Waals surface area contributed by atoms with Crippen LogP contribution in [0.1, 0.15) is 24.4 Å². The smallest absolute Gasteiger partial charge is 0.230 e. The number of ether oxygens (including phenoxy) is 1. The number of thioether (sulfide) groups is 1. The molecule has 2 heterocycles. The molecule has 1 atom stereocenters. The second kappa shape index (κ2) is 9.69. The van der Waals surface area contributed by atoms with Crippen molar-refractivity contribution in [1.29, 1.82) is 0 Å². The zero-order valence-electron chi connectivity index (χ0n) is 18.1. The molecule has 0 aliphatic carbocycles. The summed E-state index contributed by atoms with van der Waals surface area (Å²) in [5, 5.41) is 12.1. The molecule has 1 N–H and O–H groups in total. The minimum absolute atomic E-state index is 0.0666. The van der Waals surface area contributed by atoms with Crippen LogP contribution in [0.3, 0.4) is 0 Å². The summed E-state index contributed by atoms with van der Waals surface area (Å²) >= 11 is 1.35. The van der Waals surface area contributed by atoms with Crippen molar-refractivity contribution < 1.29 is 9.53 Å². The fraction of sp³-hybridized carbons (Fsp3) is 0.217. The van der Waals surface area contributed by atoms with Crippen LogP contribution in [0.25, 0.3) is 11.4 Å². The number of carbonyl (C=O) groups excluding carboxylic acids is 1. The summed E-state index contributed by atoms with van der Waals surface area (Å²) in [6, 6.07) is 15.6. The fourth-order valence-electron chi connectivity index (χ4n) is 3.31. The molecule has 0 saturated carbocycles. The van der Waals surface area contributed by atoms with E-state index >= 15 is 0 Å². The first-order chi connectivity index (χ1) is 15.5. The molecule has 0 aliphatic rings. The molecule has 32 heavy (non-hydrogen) atoms. The molecule has 0 spiro atoms. The number of nitrogens with one attached hydrogen (secondary N) is 1. The normalized spacial score (nSPS) is 11.8. The predicted octanol–water partition coefficient (Wildman–Crippen LogP) is 3.74. The van der Waals surface area contributed by atoms with Crippen molar-refractivity contribution in [2.45, 2.75) is 25.0 Å². The van der Waals surface area contributed by atoms with Gasteiger partial charge >= 0.3 is 0 Å². The van der Waals surface area contributed by atoms with Crippen LogP contribution >= 0.6 is 11.8 Å². The molecular formula is C23H24N6O2S. The van der Waals surface area contributed by atoms with E-state index in [9.17, 15) is 4.79 Å². The summed E-state index contributed by atoms with van der Waals surface area (Å²) in [6.45, 7) is 3.86. The van der Waals surface area contributed by atoms with Gasteiger partial charge < -0.3 is 14.6 Å². The van der Waals surface area contributed by atoms with E-state index in [0.717, 1.165) is 28.5 Å². The number of methoxy groups -OCH3 is 1. The van der Waals surface area contributed by atoms with Gasteiger partial charge in [-0.3, -0.25) is 9.36 Å². The maximum absolute atomic E-state index is 12.6. The van der Waals surface area contributed by atoms with Crippen LogP contribution < -0.4 is 10.1 Å². The van der Waals surface area contributed by atoms with Gasteiger partial charge in [0.2, 0.25) is 5.91 Å². The summed E-state index contributed by atoms with van der Waals surface area (Å²) < 4.78 is 9.08. The first-order valence-corrected chi connectivity index (χ1v) is 11.1. The molecule has 9 heteroatoms. The lowest BCUT2D eigenvalue weighted by Gasteiger charge is -2.15. The van der Waals surface area contributed by atoms with E-state index in [1.165, 1.54) is 11.8 Å². The van der Waals surface area contributed by atoms with E-state index in [4.69, 9.17) is 4.74 Å². The van der Waals surface area contributed by atoms with Crippen LogP contribution in [0.2, 0.25) is 0 Å². The van der Waals surface area contributed by atoms with Crippen LogP contribution in [0.15, 0.2) is 72.4 Å². The Morgan fingerprint density at radius 1 is 1.09 bits per heavy atom. The first kappa shape index (κ1) is 21.6. The van der Waals surface area contributed by atoms with Crippen molar-refractivity contribution in [3.8, 4) is 17.1 Å². The third kappa shape index (κ3) is 4.83. The Morgan fingerprint density at radius 3 is 2.47 bits per heavy atom. The van der Waals surface area contributed by atoms with Gasteiger partial charge in [-0.25, -0.2) is 4.98 Å². The van der Waals surface area contributed by atoms with E-state index < -0.39 is 0 Å². The fourth-order valence-corrected chi connectivity index (χ4v) is 4.12. The number of amides is 1. The molecule has 8 nitrogen and oxygen atoms in total. The number of rotatable bonds is 8. The van der Waals surface area contributed by atoms with Crippen molar-refractivity contribution in [3.05, 3.63) is 78.6 Å². The SMILES string of the molecule is COc1ccc(-n2c(C)nnc2SCC(=O)N[C@@H](C)c2ccc(-n3ccnc3)cc2)cc1. The van der Waals surface area contributed by atoms with E-state index in [1.54, 1.807) is 19.6 Å². The molecule has 0 aliphatic heterocycles. The maximum Gasteiger partial charge on any atom is 0.230 e. The van der Waals surface area contributed by atoms with Crippen LogP contribution in [0.5, 0.6) is 5.75 Å². The average Bonchev–Trinajstić information content (AvgIpc) is 3.48. The van der Waals surface area contributed by atoms with E-state index in [-0.39, 0.29) is 17.7 Å². The Morgan fingerprint density at radius 2 is 1.81 bits per heavy atom. The second-order valence-corrected chi connectivity index (χ2v) is 8.15. The number of nitrogens with zero attached hydrogens (tertiary/aromatic N) is 5. The Labute approximate surface area is 190 Å². The number of hydrogen-bond donors (Lipinski definition) is 1. The highest BCUT2D eigenvalue weighted by Crippen LogP contribution is 2.24. The molecule has 0 radical (unpaired) electrons. The van der Waals surface area contributed by atoms with Crippen LogP contribution in [0.4, 0.5) is 0 Å². The molecule has 0 fully saturated rings. The first-order valence-electron chi connectivity index (χ1n) is 10.1. The molecule has 0 bridgehead atoms. The lowest BCUT2D eigenvalue weighted by Crippen LogP contribution is -2.28. The molecule has 164 valence electrons. The van der Waals surface area contributed by atoms with E-state index in [0.29, 0.717) is 5.16 Å². The van der Waals surface area contributed by atoms with E-state index in [2.05, 4.69) is 20.5 Å². The molecule has 0 unspecified atom stereocenters. The summed E-state index contributed by atoms with van der Waals surface area (Å²) in [5.74, 6) is 1.71. The Hall–Kier alpha value is -3.59. The van der Waals surface area contributed by atoms with Crippen molar-refractivity contribution in [2.75, 3.05) is 12.9 Å². The Kier molecular flexibility index (Phi) is 6.55. The second-order valence-electron chi connectivity index (χ2n) is 7.20. The van der Waals surface area contributed by atoms with Gasteiger partial charge in [-0.2, -0.15) is 0 Å². The minimum atomic E-state index is -0.110. The minimum Gasteiger partial charge on any atom is -0.497 e. The third-order valence-electron chi connectivity index (χ3n) is 5.03. The zero-order valence-corrected chi connectivity index (χ0v) is 18.9. The number of imidazole rings is 1. The number of aromatic nitrogens is 5.